The number of anilines is 1. The Morgan fingerprint density at radius 1 is 1.23 bits per heavy atom. The molecule has 7 nitrogen and oxygen atoms in total. The lowest BCUT2D eigenvalue weighted by molar-refractivity contribution is -0.138. The number of benzene rings is 1. The molecule has 1 atom stereocenters. The molecule has 7 heteroatoms. The minimum absolute atomic E-state index is 0.0166. The molecule has 2 saturated heterocycles. The van der Waals surface area contributed by atoms with Crippen molar-refractivity contribution in [1.82, 2.24) is 9.80 Å². The average Bonchev–Trinajstić information content (AvgIpc) is 2.79. The van der Waals surface area contributed by atoms with Crippen LogP contribution in [0.2, 0.25) is 0 Å². The molecule has 116 valence electrons. The Bertz CT molecular complexity index is 604. The van der Waals surface area contributed by atoms with Crippen molar-refractivity contribution in [2.24, 2.45) is 0 Å². The first-order valence-corrected chi connectivity index (χ1v) is 7.10. The van der Waals surface area contributed by atoms with Crippen LogP contribution in [0.1, 0.15) is 0 Å². The lowest BCUT2D eigenvalue weighted by atomic mass is 10.2. The van der Waals surface area contributed by atoms with Crippen LogP contribution >= 0.6 is 0 Å². The molecule has 0 bridgehead atoms. The van der Waals surface area contributed by atoms with Crippen molar-refractivity contribution in [2.75, 3.05) is 38.3 Å². The normalized spacial score (nSPS) is 21.3. The lowest BCUT2D eigenvalue weighted by Crippen LogP contribution is -2.55. The molecular weight excluding hydrogens is 286 g/mol. The number of carbonyl (C=O) groups excluding carboxylic acids is 3. The van der Waals surface area contributed by atoms with Gasteiger partial charge in [0.15, 0.2) is 0 Å². The average molecular weight is 303 g/mol. The molecule has 0 radical (unpaired) electrons. The minimum Gasteiger partial charge on any atom is -0.375 e. The minimum atomic E-state index is -0.609. The highest BCUT2D eigenvalue weighted by molar-refractivity contribution is 6.21. The maximum absolute atomic E-state index is 12.6. The van der Waals surface area contributed by atoms with Gasteiger partial charge in [0.05, 0.1) is 12.2 Å². The van der Waals surface area contributed by atoms with Crippen molar-refractivity contribution in [2.45, 2.75) is 6.04 Å². The van der Waals surface area contributed by atoms with E-state index in [9.17, 15) is 14.4 Å². The Morgan fingerprint density at radius 2 is 1.95 bits per heavy atom. The topological polar surface area (TPSA) is 70.2 Å². The van der Waals surface area contributed by atoms with Gasteiger partial charge >= 0.3 is 6.03 Å². The number of methoxy groups -OCH3 is 1. The number of ether oxygens (including phenoxy) is 1. The molecule has 2 heterocycles. The van der Waals surface area contributed by atoms with Crippen LogP contribution in [0.3, 0.4) is 0 Å². The lowest BCUT2D eigenvalue weighted by Gasteiger charge is -2.35. The molecule has 22 heavy (non-hydrogen) atoms. The molecule has 0 spiro atoms. The van der Waals surface area contributed by atoms with Crippen molar-refractivity contribution in [3.8, 4) is 0 Å². The highest BCUT2D eigenvalue weighted by Crippen LogP contribution is 2.27. The van der Waals surface area contributed by atoms with E-state index < -0.39 is 6.04 Å². The monoisotopic (exact) mass is 303 g/mol. The van der Waals surface area contributed by atoms with Gasteiger partial charge < -0.3 is 14.5 Å². The van der Waals surface area contributed by atoms with E-state index in [1.54, 1.807) is 29.2 Å². The maximum Gasteiger partial charge on any atom is 0.332 e. The van der Waals surface area contributed by atoms with E-state index in [4.69, 9.17) is 4.74 Å². The zero-order chi connectivity index (χ0) is 15.7. The highest BCUT2D eigenvalue weighted by atomic mass is 16.5. The standard InChI is InChI=1S/C15H17N3O4/c1-22-10-13(19)16-7-8-17-12(9-16)14(20)18(15(17)21)11-5-3-2-4-6-11/h2-6,12H,7-10H2,1H3/t12-/m0/s1. The van der Waals surface area contributed by atoms with E-state index in [-0.39, 0.29) is 31.0 Å². The SMILES string of the molecule is COCC(=O)N1CCN2C(=O)N(c3ccccc3)C(=O)[C@@H]2C1. The fourth-order valence-corrected chi connectivity index (χ4v) is 2.85. The molecule has 2 aliphatic heterocycles. The van der Waals surface area contributed by atoms with Crippen LogP contribution in [-0.4, -0.2) is 67.0 Å². The molecule has 3 rings (SSSR count). The van der Waals surface area contributed by atoms with E-state index in [2.05, 4.69) is 0 Å². The summed E-state index contributed by atoms with van der Waals surface area (Å²) in [5.41, 5.74) is 0.557. The van der Waals surface area contributed by atoms with Crippen molar-refractivity contribution in [3.05, 3.63) is 30.3 Å². The van der Waals surface area contributed by atoms with E-state index >= 15 is 0 Å². The van der Waals surface area contributed by atoms with Gasteiger partial charge in [0.2, 0.25) is 5.91 Å². The number of fused-ring (bicyclic) bond motifs is 1. The molecule has 0 unspecified atom stereocenters. The third kappa shape index (κ3) is 2.33. The Morgan fingerprint density at radius 3 is 2.64 bits per heavy atom. The zero-order valence-corrected chi connectivity index (χ0v) is 12.3. The third-order valence-electron chi connectivity index (χ3n) is 3.96. The predicted octanol–water partition coefficient (Wildman–Crippen LogP) is 0.312. The number of amides is 4. The molecule has 0 aromatic heterocycles. The van der Waals surface area contributed by atoms with Crippen LogP contribution in [0.5, 0.6) is 0 Å². The Hall–Kier alpha value is -2.41. The molecule has 2 fully saturated rings. The summed E-state index contributed by atoms with van der Waals surface area (Å²) in [6.45, 7) is 0.974. The summed E-state index contributed by atoms with van der Waals surface area (Å²) in [4.78, 5) is 41.2. The molecule has 2 aliphatic rings. The smallest absolute Gasteiger partial charge is 0.332 e. The zero-order valence-electron chi connectivity index (χ0n) is 12.3. The van der Waals surface area contributed by atoms with Gasteiger partial charge in [0, 0.05) is 20.2 Å². The number of rotatable bonds is 3. The molecule has 0 N–H and O–H groups in total. The van der Waals surface area contributed by atoms with Crippen molar-refractivity contribution in [3.63, 3.8) is 0 Å². The maximum atomic E-state index is 12.6. The second-order valence-corrected chi connectivity index (χ2v) is 5.27. The van der Waals surface area contributed by atoms with Gasteiger partial charge in [-0.1, -0.05) is 18.2 Å². The number of hydrogen-bond donors (Lipinski definition) is 0. The number of hydrogen-bond acceptors (Lipinski definition) is 4. The predicted molar refractivity (Wildman–Crippen MR) is 78.3 cm³/mol. The summed E-state index contributed by atoms with van der Waals surface area (Å²) in [5, 5.41) is 0. The highest BCUT2D eigenvalue weighted by Gasteiger charge is 2.48. The summed E-state index contributed by atoms with van der Waals surface area (Å²) in [6, 6.07) is 7.91. The van der Waals surface area contributed by atoms with E-state index in [1.807, 2.05) is 6.07 Å². The van der Waals surface area contributed by atoms with Crippen LogP contribution in [-0.2, 0) is 14.3 Å². The summed E-state index contributed by atoms with van der Waals surface area (Å²) in [7, 11) is 1.45. The van der Waals surface area contributed by atoms with Crippen molar-refractivity contribution in [1.29, 1.82) is 0 Å². The van der Waals surface area contributed by atoms with Gasteiger partial charge in [0.25, 0.3) is 5.91 Å². The number of urea groups is 1. The van der Waals surface area contributed by atoms with Crippen molar-refractivity contribution < 1.29 is 19.1 Å². The number of para-hydroxylation sites is 1. The van der Waals surface area contributed by atoms with E-state index in [1.165, 1.54) is 16.9 Å². The Kier molecular flexibility index (Phi) is 3.81. The Balaban J connectivity index is 1.80. The Labute approximate surface area is 128 Å². The van der Waals surface area contributed by atoms with E-state index in [0.29, 0.717) is 18.8 Å². The molecule has 4 amide bonds. The van der Waals surface area contributed by atoms with E-state index in [0.717, 1.165) is 0 Å². The first-order chi connectivity index (χ1) is 10.6. The van der Waals surface area contributed by atoms with Gasteiger partial charge in [0.1, 0.15) is 12.6 Å². The summed E-state index contributed by atoms with van der Waals surface area (Å²) in [6.07, 6.45) is 0. The number of nitrogens with zero attached hydrogens (tertiary/aromatic N) is 3. The fourth-order valence-electron chi connectivity index (χ4n) is 2.85. The van der Waals surface area contributed by atoms with Gasteiger partial charge in [-0.15, -0.1) is 0 Å². The van der Waals surface area contributed by atoms with Crippen molar-refractivity contribution >= 4 is 23.5 Å². The van der Waals surface area contributed by atoms with Gasteiger partial charge in [-0.05, 0) is 12.1 Å². The van der Waals surface area contributed by atoms with Crippen LogP contribution in [0, 0.1) is 0 Å². The number of imide groups is 1. The number of carbonyl (C=O) groups is 3. The molecular formula is C15H17N3O4. The van der Waals surface area contributed by atoms with Gasteiger partial charge in [-0.25, -0.2) is 9.69 Å². The summed E-state index contributed by atoms with van der Waals surface area (Å²) >= 11 is 0. The molecule has 1 aromatic carbocycles. The molecule has 0 aliphatic carbocycles. The van der Waals surface area contributed by atoms with Crippen LogP contribution in [0.15, 0.2) is 30.3 Å². The van der Waals surface area contributed by atoms with Gasteiger partial charge in [-0.2, -0.15) is 0 Å². The first-order valence-electron chi connectivity index (χ1n) is 7.10. The second kappa shape index (κ2) is 5.76. The van der Waals surface area contributed by atoms with Gasteiger partial charge in [-0.3, -0.25) is 9.59 Å². The van der Waals surface area contributed by atoms with Crippen LogP contribution < -0.4 is 4.90 Å². The second-order valence-electron chi connectivity index (χ2n) is 5.27. The number of piperazine rings is 1. The summed E-state index contributed by atoms with van der Waals surface area (Å²) in [5.74, 6) is -0.452. The first kappa shape index (κ1) is 14.5. The summed E-state index contributed by atoms with van der Waals surface area (Å²) < 4.78 is 4.84. The third-order valence-corrected chi connectivity index (χ3v) is 3.96. The van der Waals surface area contributed by atoms with Crippen LogP contribution in [0.4, 0.5) is 10.5 Å². The molecule has 0 saturated carbocycles. The fraction of sp³-hybridized carbons (Fsp3) is 0.400. The quantitative estimate of drug-likeness (QED) is 0.754. The molecule has 1 aromatic rings. The van der Waals surface area contributed by atoms with Crippen LogP contribution in [0.25, 0.3) is 0 Å². The largest absolute Gasteiger partial charge is 0.375 e.